The van der Waals surface area contributed by atoms with E-state index in [9.17, 15) is 0 Å². The molecule has 0 amide bonds. The fourth-order valence-electron chi connectivity index (χ4n) is 2.85. The largest absolute Gasteiger partial charge is 0.375 e. The van der Waals surface area contributed by atoms with Crippen molar-refractivity contribution in [2.75, 3.05) is 11.9 Å². The van der Waals surface area contributed by atoms with Gasteiger partial charge < -0.3 is 10.6 Å². The van der Waals surface area contributed by atoms with Crippen LogP contribution in [-0.4, -0.2) is 23.9 Å². The number of nitrogens with zero attached hydrogens (tertiary/aromatic N) is 2. The number of nitrogens with two attached hydrogens (primary N) is 1. The number of rotatable bonds is 2. The molecular weight excluding hydrogens is 268 g/mol. The number of fused-ring (bicyclic) bond motifs is 1. The summed E-state index contributed by atoms with van der Waals surface area (Å²) in [5, 5.41) is 4.18. The van der Waals surface area contributed by atoms with E-state index < -0.39 is 0 Å². The Kier molecular flexibility index (Phi) is 3.99. The monoisotopic (exact) mass is 290 g/mol. The minimum atomic E-state index is 0.175. The van der Waals surface area contributed by atoms with E-state index in [1.54, 1.807) is 6.21 Å². The van der Waals surface area contributed by atoms with Crippen LogP contribution in [-0.2, 0) is 0 Å². The highest BCUT2D eigenvalue weighted by Gasteiger charge is 2.33. The zero-order valence-corrected chi connectivity index (χ0v) is 13.3. The van der Waals surface area contributed by atoms with Gasteiger partial charge in [0.15, 0.2) is 5.11 Å². The van der Waals surface area contributed by atoms with Crippen LogP contribution >= 0.6 is 12.2 Å². The third-order valence-electron chi connectivity index (χ3n) is 4.05. The van der Waals surface area contributed by atoms with Gasteiger partial charge in [0.25, 0.3) is 0 Å². The van der Waals surface area contributed by atoms with E-state index in [0.717, 1.165) is 12.0 Å². The summed E-state index contributed by atoms with van der Waals surface area (Å²) in [5.74, 6) is 0.535. The summed E-state index contributed by atoms with van der Waals surface area (Å²) < 4.78 is 0. The van der Waals surface area contributed by atoms with Crippen molar-refractivity contribution >= 4 is 29.2 Å². The molecular formula is C15H22N4S. The molecule has 1 atom stereocenters. The summed E-state index contributed by atoms with van der Waals surface area (Å²) in [7, 11) is 2.16. The van der Waals surface area contributed by atoms with Crippen molar-refractivity contribution in [2.24, 2.45) is 10.8 Å². The van der Waals surface area contributed by atoms with Crippen LogP contribution < -0.4 is 16.1 Å². The highest BCUT2D eigenvalue weighted by molar-refractivity contribution is 7.80. The summed E-state index contributed by atoms with van der Waals surface area (Å²) in [6.07, 6.45) is 2.88. The molecule has 0 spiro atoms. The average Bonchev–Trinajstić information content (AvgIpc) is 2.35. The van der Waals surface area contributed by atoms with Gasteiger partial charge in [-0.25, -0.2) is 0 Å². The normalized spacial score (nSPS) is 20.8. The first-order valence-electron chi connectivity index (χ1n) is 6.77. The summed E-state index contributed by atoms with van der Waals surface area (Å²) in [4.78, 5) is 2.36. The second-order valence-corrected chi connectivity index (χ2v) is 6.47. The Bertz CT molecular complexity index is 551. The molecule has 1 heterocycles. The van der Waals surface area contributed by atoms with Gasteiger partial charge in [0.2, 0.25) is 0 Å². The molecule has 1 aromatic carbocycles. The molecule has 5 heteroatoms. The average molecular weight is 290 g/mol. The van der Waals surface area contributed by atoms with Crippen molar-refractivity contribution in [1.29, 1.82) is 0 Å². The fourth-order valence-corrected chi connectivity index (χ4v) is 2.90. The van der Waals surface area contributed by atoms with Gasteiger partial charge in [0, 0.05) is 18.3 Å². The Morgan fingerprint density at radius 1 is 1.55 bits per heavy atom. The maximum absolute atomic E-state index is 5.34. The Labute approximate surface area is 126 Å². The highest BCUT2D eigenvalue weighted by Crippen LogP contribution is 2.42. The Balaban J connectivity index is 2.30. The molecule has 2 rings (SSSR count). The first-order valence-corrected chi connectivity index (χ1v) is 7.18. The zero-order valence-electron chi connectivity index (χ0n) is 12.5. The van der Waals surface area contributed by atoms with Gasteiger partial charge in [-0.2, -0.15) is 5.10 Å². The summed E-state index contributed by atoms with van der Waals surface area (Å²) in [6, 6.07) is 6.42. The Hall–Kier alpha value is -1.62. The van der Waals surface area contributed by atoms with Gasteiger partial charge >= 0.3 is 0 Å². The number of hydrogen-bond acceptors (Lipinski definition) is 3. The number of benzene rings is 1. The van der Waals surface area contributed by atoms with E-state index in [-0.39, 0.29) is 10.7 Å². The van der Waals surface area contributed by atoms with E-state index in [1.807, 2.05) is 0 Å². The van der Waals surface area contributed by atoms with E-state index in [4.69, 9.17) is 18.0 Å². The van der Waals surface area contributed by atoms with Crippen molar-refractivity contribution in [1.82, 2.24) is 5.43 Å². The van der Waals surface area contributed by atoms with Gasteiger partial charge in [-0.15, -0.1) is 0 Å². The maximum Gasteiger partial charge on any atom is 0.184 e. The fraction of sp³-hybridized carbons (Fsp3) is 0.467. The minimum Gasteiger partial charge on any atom is -0.375 e. The van der Waals surface area contributed by atoms with Crippen LogP contribution in [0.3, 0.4) is 0 Å². The summed E-state index contributed by atoms with van der Waals surface area (Å²) in [5.41, 5.74) is 11.8. The molecule has 0 fully saturated rings. The van der Waals surface area contributed by atoms with Crippen molar-refractivity contribution < 1.29 is 0 Å². The molecule has 4 nitrogen and oxygen atoms in total. The molecule has 1 aromatic rings. The van der Waals surface area contributed by atoms with Gasteiger partial charge in [-0.1, -0.05) is 13.0 Å². The van der Waals surface area contributed by atoms with Crippen LogP contribution in [0.1, 0.15) is 44.2 Å². The third-order valence-corrected chi connectivity index (χ3v) is 4.14. The van der Waals surface area contributed by atoms with Crippen molar-refractivity contribution in [3.8, 4) is 0 Å². The SMILES string of the molecule is CC1CC(C)(C)N(C)c2ccc(C=NNC(N)=S)cc21. The number of hydrogen-bond donors (Lipinski definition) is 2. The third kappa shape index (κ3) is 2.93. The van der Waals surface area contributed by atoms with Crippen molar-refractivity contribution in [3.05, 3.63) is 29.3 Å². The lowest BCUT2D eigenvalue weighted by Crippen LogP contribution is -2.45. The molecule has 0 saturated heterocycles. The number of hydrazone groups is 1. The molecule has 1 aliphatic rings. The number of nitrogens with one attached hydrogen (secondary N) is 1. The van der Waals surface area contributed by atoms with E-state index in [0.29, 0.717) is 5.92 Å². The second kappa shape index (κ2) is 5.40. The molecule has 0 aliphatic carbocycles. The number of thiocarbonyl (C=S) groups is 1. The van der Waals surface area contributed by atoms with Crippen LogP contribution in [0.2, 0.25) is 0 Å². The molecule has 20 heavy (non-hydrogen) atoms. The van der Waals surface area contributed by atoms with Crippen molar-refractivity contribution in [2.45, 2.75) is 38.6 Å². The van der Waals surface area contributed by atoms with Gasteiger partial charge in [0.1, 0.15) is 0 Å². The smallest absolute Gasteiger partial charge is 0.184 e. The van der Waals surface area contributed by atoms with Crippen molar-refractivity contribution in [3.63, 3.8) is 0 Å². The zero-order chi connectivity index (χ0) is 14.9. The predicted molar refractivity (Wildman–Crippen MR) is 89.5 cm³/mol. The summed E-state index contributed by atoms with van der Waals surface area (Å²) in [6.45, 7) is 6.85. The van der Waals surface area contributed by atoms with E-state index >= 15 is 0 Å². The van der Waals surface area contributed by atoms with Gasteiger partial charge in [-0.05, 0) is 61.7 Å². The maximum atomic E-state index is 5.34. The van der Waals surface area contributed by atoms with Crippen LogP contribution in [0.5, 0.6) is 0 Å². The first-order chi connectivity index (χ1) is 9.31. The van der Waals surface area contributed by atoms with Crippen LogP contribution in [0.15, 0.2) is 23.3 Å². The predicted octanol–water partition coefficient (Wildman–Crippen LogP) is 2.58. The van der Waals surface area contributed by atoms with Gasteiger partial charge in [-0.3, -0.25) is 5.43 Å². The lowest BCUT2D eigenvalue weighted by molar-refractivity contribution is 0.395. The molecule has 0 saturated carbocycles. The van der Waals surface area contributed by atoms with Crippen LogP contribution in [0, 0.1) is 0 Å². The molecule has 3 N–H and O–H groups in total. The quantitative estimate of drug-likeness (QED) is 0.499. The van der Waals surface area contributed by atoms with Crippen LogP contribution in [0.25, 0.3) is 0 Å². The van der Waals surface area contributed by atoms with Gasteiger partial charge in [0.05, 0.1) is 6.21 Å². The summed E-state index contributed by atoms with van der Waals surface area (Å²) >= 11 is 4.71. The molecule has 0 bridgehead atoms. The Morgan fingerprint density at radius 2 is 2.25 bits per heavy atom. The van der Waals surface area contributed by atoms with E-state index in [1.165, 1.54) is 11.3 Å². The standard InChI is InChI=1S/C15H22N4S/c1-10-8-15(2,3)19(4)13-6-5-11(7-12(10)13)9-17-18-14(16)20/h5-7,9-10H,8H2,1-4H3,(H3,16,18,20). The molecule has 0 radical (unpaired) electrons. The lowest BCUT2D eigenvalue weighted by atomic mass is 9.80. The van der Waals surface area contributed by atoms with E-state index in [2.05, 4.69) is 61.4 Å². The molecule has 108 valence electrons. The number of anilines is 1. The lowest BCUT2D eigenvalue weighted by Gasteiger charge is -2.45. The first kappa shape index (κ1) is 14.8. The topological polar surface area (TPSA) is 53.6 Å². The molecule has 1 unspecified atom stereocenters. The molecule has 0 aromatic heterocycles. The molecule has 1 aliphatic heterocycles. The second-order valence-electron chi connectivity index (χ2n) is 6.03. The minimum absolute atomic E-state index is 0.175. The van der Waals surface area contributed by atoms with Crippen LogP contribution in [0.4, 0.5) is 5.69 Å². The highest BCUT2D eigenvalue weighted by atomic mass is 32.1. The Morgan fingerprint density at radius 3 is 2.90 bits per heavy atom.